The molecule has 1 N–H and O–H groups in total. The third-order valence-electron chi connectivity index (χ3n) is 2.96. The van der Waals surface area contributed by atoms with Crippen LogP contribution in [0.3, 0.4) is 0 Å². The zero-order valence-corrected chi connectivity index (χ0v) is 10.2. The minimum Gasteiger partial charge on any atom is -0.365 e. The van der Waals surface area contributed by atoms with Gasteiger partial charge >= 0.3 is 0 Å². The van der Waals surface area contributed by atoms with Crippen LogP contribution in [0, 0.1) is 6.92 Å². The highest BCUT2D eigenvalue weighted by Crippen LogP contribution is 2.24. The van der Waals surface area contributed by atoms with Crippen LogP contribution in [0.15, 0.2) is 12.4 Å². The molecule has 5 nitrogen and oxygen atoms in total. The molecule has 0 spiro atoms. The lowest BCUT2D eigenvalue weighted by Gasteiger charge is -2.21. The minimum absolute atomic E-state index is 0.0719. The first kappa shape index (κ1) is 12.0. The number of nitrogens with zero attached hydrogens (tertiary/aromatic N) is 2. The van der Waals surface area contributed by atoms with Crippen molar-refractivity contribution < 1.29 is 9.53 Å². The van der Waals surface area contributed by atoms with Crippen molar-refractivity contribution in [3.8, 4) is 0 Å². The van der Waals surface area contributed by atoms with Crippen molar-refractivity contribution in [2.75, 3.05) is 6.61 Å². The molecule has 5 heteroatoms. The number of aryl methyl sites for hydroxylation is 1. The summed E-state index contributed by atoms with van der Waals surface area (Å²) in [5.41, 5.74) is 0.953. The number of hydrogen-bond acceptors (Lipinski definition) is 4. The molecular formula is C12H17N3O2. The van der Waals surface area contributed by atoms with Crippen molar-refractivity contribution in [2.24, 2.45) is 0 Å². The van der Waals surface area contributed by atoms with Crippen LogP contribution in [0.1, 0.15) is 31.2 Å². The van der Waals surface area contributed by atoms with Crippen molar-refractivity contribution in [3.63, 3.8) is 0 Å². The van der Waals surface area contributed by atoms with Crippen molar-refractivity contribution in [3.05, 3.63) is 23.8 Å². The van der Waals surface area contributed by atoms with Crippen LogP contribution in [0.2, 0.25) is 0 Å². The molecule has 0 bridgehead atoms. The van der Waals surface area contributed by atoms with Gasteiger partial charge in [0, 0.05) is 12.8 Å². The fourth-order valence-electron chi connectivity index (χ4n) is 1.83. The molecule has 1 aliphatic rings. The van der Waals surface area contributed by atoms with Crippen molar-refractivity contribution >= 4 is 5.91 Å². The average Bonchev–Trinajstić information content (AvgIpc) is 2.76. The summed E-state index contributed by atoms with van der Waals surface area (Å²) < 4.78 is 5.46. The molecule has 1 amide bonds. The van der Waals surface area contributed by atoms with E-state index in [9.17, 15) is 4.79 Å². The molecule has 1 aliphatic heterocycles. The Labute approximate surface area is 101 Å². The largest absolute Gasteiger partial charge is 0.365 e. The van der Waals surface area contributed by atoms with Crippen LogP contribution in [-0.2, 0) is 16.1 Å². The van der Waals surface area contributed by atoms with Crippen molar-refractivity contribution in [1.29, 1.82) is 0 Å². The van der Waals surface area contributed by atoms with E-state index in [-0.39, 0.29) is 5.91 Å². The summed E-state index contributed by atoms with van der Waals surface area (Å²) in [5, 5.41) is 2.83. The van der Waals surface area contributed by atoms with E-state index in [1.807, 2.05) is 13.8 Å². The number of ether oxygens (including phenoxy) is 1. The molecule has 0 aliphatic carbocycles. The fraction of sp³-hybridized carbons (Fsp3) is 0.583. The van der Waals surface area contributed by atoms with Crippen LogP contribution in [0.4, 0.5) is 0 Å². The summed E-state index contributed by atoms with van der Waals surface area (Å²) in [4.78, 5) is 20.2. The fourth-order valence-corrected chi connectivity index (χ4v) is 1.83. The van der Waals surface area contributed by atoms with Crippen LogP contribution in [0.5, 0.6) is 0 Å². The number of amides is 1. The maximum absolute atomic E-state index is 11.9. The van der Waals surface area contributed by atoms with Gasteiger partial charge in [0.2, 0.25) is 0 Å². The highest BCUT2D eigenvalue weighted by Gasteiger charge is 2.37. The van der Waals surface area contributed by atoms with Gasteiger partial charge in [0.25, 0.3) is 5.91 Å². The molecule has 1 aromatic heterocycles. The maximum atomic E-state index is 11.9. The van der Waals surface area contributed by atoms with E-state index in [0.29, 0.717) is 13.2 Å². The summed E-state index contributed by atoms with van der Waals surface area (Å²) in [6.07, 6.45) is 5.08. The Balaban J connectivity index is 1.89. The van der Waals surface area contributed by atoms with Gasteiger partial charge in [-0.2, -0.15) is 0 Å². The van der Waals surface area contributed by atoms with E-state index in [2.05, 4.69) is 15.3 Å². The van der Waals surface area contributed by atoms with Gasteiger partial charge < -0.3 is 10.1 Å². The van der Waals surface area contributed by atoms with E-state index < -0.39 is 5.60 Å². The number of aromatic nitrogens is 2. The predicted molar refractivity (Wildman–Crippen MR) is 62.2 cm³/mol. The zero-order valence-electron chi connectivity index (χ0n) is 10.2. The number of rotatable bonds is 3. The lowest BCUT2D eigenvalue weighted by Crippen LogP contribution is -2.43. The van der Waals surface area contributed by atoms with Gasteiger partial charge in [0.15, 0.2) is 0 Å². The first-order chi connectivity index (χ1) is 8.10. The third kappa shape index (κ3) is 2.79. The Kier molecular flexibility index (Phi) is 3.38. The number of hydrogen-bond donors (Lipinski definition) is 1. The van der Waals surface area contributed by atoms with Crippen molar-refractivity contribution in [1.82, 2.24) is 15.3 Å². The topological polar surface area (TPSA) is 64.1 Å². The highest BCUT2D eigenvalue weighted by atomic mass is 16.5. The van der Waals surface area contributed by atoms with E-state index >= 15 is 0 Å². The molecule has 1 aromatic rings. The average molecular weight is 235 g/mol. The molecule has 1 fully saturated rings. The highest BCUT2D eigenvalue weighted by molar-refractivity contribution is 5.84. The van der Waals surface area contributed by atoms with Gasteiger partial charge in [-0.3, -0.25) is 14.8 Å². The Bertz CT molecular complexity index is 397. The molecule has 0 saturated carbocycles. The number of carbonyl (C=O) groups is 1. The van der Waals surface area contributed by atoms with Crippen LogP contribution in [0.25, 0.3) is 0 Å². The second-order valence-electron chi connectivity index (χ2n) is 4.51. The molecule has 2 heterocycles. The van der Waals surface area contributed by atoms with E-state index in [0.717, 1.165) is 24.2 Å². The smallest absolute Gasteiger partial charge is 0.252 e. The molecule has 1 atom stereocenters. The quantitative estimate of drug-likeness (QED) is 0.848. The predicted octanol–water partition coefficient (Wildman–Crippen LogP) is 0.970. The van der Waals surface area contributed by atoms with Gasteiger partial charge in [-0.05, 0) is 26.7 Å². The van der Waals surface area contributed by atoms with Crippen LogP contribution in [-0.4, -0.2) is 28.1 Å². The van der Waals surface area contributed by atoms with Crippen molar-refractivity contribution in [2.45, 2.75) is 38.8 Å². The number of carbonyl (C=O) groups excluding carboxylic acids is 1. The lowest BCUT2D eigenvalue weighted by atomic mass is 10.0. The summed E-state index contributed by atoms with van der Waals surface area (Å²) >= 11 is 0. The summed E-state index contributed by atoms with van der Waals surface area (Å²) in [7, 11) is 0. The Morgan fingerprint density at radius 2 is 2.35 bits per heavy atom. The molecule has 17 heavy (non-hydrogen) atoms. The minimum atomic E-state index is -0.669. The summed E-state index contributed by atoms with van der Waals surface area (Å²) in [5.74, 6) is -0.0719. The first-order valence-corrected chi connectivity index (χ1v) is 5.80. The third-order valence-corrected chi connectivity index (χ3v) is 2.96. The standard InChI is InChI=1S/C12H17N3O2/c1-9-6-14-10(7-13-9)8-15-11(16)12(2)4-3-5-17-12/h6-7H,3-5,8H2,1-2H3,(H,15,16)/t12-/m0/s1. The molecule has 0 radical (unpaired) electrons. The van der Waals surface area contributed by atoms with Gasteiger partial charge in [-0.25, -0.2) is 0 Å². The van der Waals surface area contributed by atoms with E-state index in [1.165, 1.54) is 0 Å². The first-order valence-electron chi connectivity index (χ1n) is 5.80. The zero-order chi connectivity index (χ0) is 12.3. The molecule has 0 unspecified atom stereocenters. The second kappa shape index (κ2) is 4.79. The molecule has 0 aromatic carbocycles. The second-order valence-corrected chi connectivity index (χ2v) is 4.51. The van der Waals surface area contributed by atoms with Gasteiger partial charge in [-0.1, -0.05) is 0 Å². The molecule has 2 rings (SSSR count). The Morgan fingerprint density at radius 1 is 1.53 bits per heavy atom. The van der Waals surface area contributed by atoms with Crippen LogP contribution >= 0.6 is 0 Å². The summed E-state index contributed by atoms with van der Waals surface area (Å²) in [6, 6.07) is 0. The summed E-state index contributed by atoms with van der Waals surface area (Å²) in [6.45, 7) is 4.76. The Morgan fingerprint density at radius 3 is 2.94 bits per heavy atom. The molecule has 1 saturated heterocycles. The lowest BCUT2D eigenvalue weighted by molar-refractivity contribution is -0.139. The van der Waals surface area contributed by atoms with Gasteiger partial charge in [0.05, 0.1) is 24.1 Å². The normalized spacial score (nSPS) is 23.6. The SMILES string of the molecule is Cc1cnc(CNC(=O)[C@]2(C)CCCO2)cn1. The van der Waals surface area contributed by atoms with E-state index in [4.69, 9.17) is 4.74 Å². The monoisotopic (exact) mass is 235 g/mol. The molecular weight excluding hydrogens is 218 g/mol. The Hall–Kier alpha value is -1.49. The maximum Gasteiger partial charge on any atom is 0.252 e. The number of nitrogens with one attached hydrogen (secondary N) is 1. The molecule has 92 valence electrons. The van der Waals surface area contributed by atoms with Gasteiger partial charge in [0.1, 0.15) is 5.60 Å². The van der Waals surface area contributed by atoms with Gasteiger partial charge in [-0.15, -0.1) is 0 Å². The van der Waals surface area contributed by atoms with E-state index in [1.54, 1.807) is 12.4 Å². The van der Waals surface area contributed by atoms with Crippen LogP contribution < -0.4 is 5.32 Å².